The summed E-state index contributed by atoms with van der Waals surface area (Å²) in [6, 6.07) is 3.83. The third kappa shape index (κ3) is 15.0. The molecule has 43 heavy (non-hydrogen) atoms. The largest absolute Gasteiger partial charge is 0.490 e. The second kappa shape index (κ2) is 15.9. The first kappa shape index (κ1) is 36.9. The van der Waals surface area contributed by atoms with Gasteiger partial charge in [-0.2, -0.15) is 39.5 Å². The Morgan fingerprint density at radius 1 is 0.837 bits per heavy atom. The van der Waals surface area contributed by atoms with Crippen LogP contribution in [0.5, 0.6) is 5.75 Å². The maximum Gasteiger partial charge on any atom is 0.490 e. The molecule has 1 aliphatic heterocycles. The number of hydrogen-bond acceptors (Lipinski definition) is 7. The first-order chi connectivity index (χ1) is 19.7. The van der Waals surface area contributed by atoms with Gasteiger partial charge >= 0.3 is 36.4 Å². The molecule has 0 unspecified atom stereocenters. The van der Waals surface area contributed by atoms with E-state index < -0.39 is 36.4 Å². The lowest BCUT2D eigenvalue weighted by Gasteiger charge is -2.29. The summed E-state index contributed by atoms with van der Waals surface area (Å²) in [7, 11) is 0. The van der Waals surface area contributed by atoms with E-state index in [0.717, 1.165) is 31.2 Å². The minimum absolute atomic E-state index is 0.574. The van der Waals surface area contributed by atoms with Gasteiger partial charge in [-0.3, -0.25) is 14.9 Å². The zero-order chi connectivity index (χ0) is 33.0. The lowest BCUT2D eigenvalue weighted by Crippen LogP contribution is -2.33. The highest BCUT2D eigenvalue weighted by Gasteiger charge is 2.39. The molecule has 0 atom stereocenters. The van der Waals surface area contributed by atoms with Crippen LogP contribution in [-0.4, -0.2) is 79.7 Å². The lowest BCUT2D eigenvalue weighted by molar-refractivity contribution is -0.193. The normalized spacial score (nSPS) is 14.7. The van der Waals surface area contributed by atoms with Crippen molar-refractivity contribution in [2.75, 3.05) is 13.1 Å². The van der Waals surface area contributed by atoms with Gasteiger partial charge in [0, 0.05) is 43.8 Å². The number of fused-ring (bicyclic) bond motifs is 1. The molecule has 2 aromatic rings. The highest BCUT2D eigenvalue weighted by atomic mass is 19.4. The predicted octanol–water partition coefficient (Wildman–Crippen LogP) is 4.72. The van der Waals surface area contributed by atoms with Crippen LogP contribution in [-0.2, 0) is 34.0 Å². The highest BCUT2D eigenvalue weighted by Crippen LogP contribution is 2.32. The van der Waals surface area contributed by atoms with Gasteiger partial charge in [-0.05, 0) is 48.4 Å². The number of ether oxygens (including phenoxy) is 1. The zero-order valence-electron chi connectivity index (χ0n) is 21.7. The van der Waals surface area contributed by atoms with E-state index in [9.17, 15) is 39.5 Å². The van der Waals surface area contributed by atoms with Crippen LogP contribution in [0.15, 0.2) is 36.9 Å². The minimum atomic E-state index is -5.08. The summed E-state index contributed by atoms with van der Waals surface area (Å²) in [6.45, 7) is 4.04. The van der Waals surface area contributed by atoms with Crippen LogP contribution in [0.3, 0.4) is 0 Å². The fourth-order valence-corrected chi connectivity index (χ4v) is 3.17. The predicted molar refractivity (Wildman–Crippen MR) is 126 cm³/mol. The molecule has 0 amide bonds. The first-order valence-corrected chi connectivity index (χ1v) is 11.8. The monoisotopic (exact) mass is 637 g/mol. The topological polar surface area (TPSA) is 150 Å². The highest BCUT2D eigenvalue weighted by molar-refractivity contribution is 5.73. The third-order valence-corrected chi connectivity index (χ3v) is 5.28. The summed E-state index contributed by atoms with van der Waals surface area (Å²) in [5, 5.41) is 21.4. The molecular formula is C24H24F9N3O7. The van der Waals surface area contributed by atoms with E-state index in [-0.39, 0.29) is 0 Å². The van der Waals surface area contributed by atoms with Gasteiger partial charge in [-0.25, -0.2) is 14.4 Å². The van der Waals surface area contributed by atoms with E-state index in [1.165, 1.54) is 36.1 Å². The molecule has 19 heteroatoms. The van der Waals surface area contributed by atoms with E-state index in [1.807, 2.05) is 24.5 Å². The van der Waals surface area contributed by atoms with Crippen LogP contribution < -0.4 is 4.74 Å². The van der Waals surface area contributed by atoms with Gasteiger partial charge in [0.15, 0.2) is 0 Å². The number of rotatable bonds is 5. The average molecular weight is 637 g/mol. The van der Waals surface area contributed by atoms with E-state index in [0.29, 0.717) is 6.61 Å². The van der Waals surface area contributed by atoms with Gasteiger partial charge in [-0.1, -0.05) is 0 Å². The van der Waals surface area contributed by atoms with E-state index >= 15 is 0 Å². The summed E-state index contributed by atoms with van der Waals surface area (Å²) in [4.78, 5) is 37.8. The number of alkyl halides is 9. The van der Waals surface area contributed by atoms with Gasteiger partial charge in [0.1, 0.15) is 12.4 Å². The Labute approximate surface area is 236 Å². The van der Waals surface area contributed by atoms with Gasteiger partial charge < -0.3 is 20.1 Å². The molecule has 0 aromatic carbocycles. The molecule has 3 N–H and O–H groups in total. The van der Waals surface area contributed by atoms with Gasteiger partial charge in [-0.15, -0.1) is 0 Å². The summed E-state index contributed by atoms with van der Waals surface area (Å²) >= 11 is 0. The zero-order valence-corrected chi connectivity index (χ0v) is 21.7. The second-order valence-corrected chi connectivity index (χ2v) is 8.75. The molecule has 1 aliphatic carbocycles. The molecule has 1 fully saturated rings. The quantitative estimate of drug-likeness (QED) is 0.393. The minimum Gasteiger partial charge on any atom is -0.487 e. The average Bonchev–Trinajstić information content (AvgIpc) is 3.71. The molecule has 0 bridgehead atoms. The van der Waals surface area contributed by atoms with Crippen molar-refractivity contribution in [1.82, 2.24) is 14.9 Å². The molecule has 0 radical (unpaired) electrons. The van der Waals surface area contributed by atoms with Gasteiger partial charge in [0.2, 0.25) is 0 Å². The van der Waals surface area contributed by atoms with Crippen molar-refractivity contribution >= 4 is 17.9 Å². The summed E-state index contributed by atoms with van der Waals surface area (Å²) < 4.78 is 101. The lowest BCUT2D eigenvalue weighted by atomic mass is 9.97. The Morgan fingerprint density at radius 2 is 1.35 bits per heavy atom. The van der Waals surface area contributed by atoms with Crippen molar-refractivity contribution in [1.29, 1.82) is 0 Å². The number of carboxylic acid groups (broad SMARTS) is 3. The van der Waals surface area contributed by atoms with Gasteiger partial charge in [0.25, 0.3) is 0 Å². The Morgan fingerprint density at radius 3 is 1.77 bits per heavy atom. The Hall–Kier alpha value is -4.16. The Kier molecular flexibility index (Phi) is 13.6. The van der Waals surface area contributed by atoms with Crippen LogP contribution in [0.2, 0.25) is 0 Å². The van der Waals surface area contributed by atoms with Crippen LogP contribution in [0.1, 0.15) is 29.5 Å². The molecule has 2 aromatic heterocycles. The Bertz CT molecular complexity index is 1150. The van der Waals surface area contributed by atoms with Crippen molar-refractivity contribution in [3.63, 3.8) is 0 Å². The molecule has 1 saturated carbocycles. The van der Waals surface area contributed by atoms with E-state index in [4.69, 9.17) is 34.4 Å². The number of nitrogens with zero attached hydrogens (tertiary/aromatic N) is 3. The van der Waals surface area contributed by atoms with Crippen LogP contribution >= 0.6 is 0 Å². The number of hydrogen-bond donors (Lipinski definition) is 3. The Balaban J connectivity index is 0.000000363. The van der Waals surface area contributed by atoms with E-state index in [2.05, 4.69) is 14.9 Å². The van der Waals surface area contributed by atoms with Gasteiger partial charge in [0.05, 0.1) is 6.20 Å². The number of pyridine rings is 2. The van der Waals surface area contributed by atoms with E-state index in [1.54, 1.807) is 12.4 Å². The molecule has 4 rings (SSSR count). The maximum atomic E-state index is 10.6. The molecule has 0 saturated heterocycles. The number of aliphatic carboxylic acids is 3. The molecule has 0 spiro atoms. The fraction of sp³-hybridized carbons (Fsp3) is 0.458. The number of aromatic nitrogens is 2. The number of carboxylic acids is 3. The number of halogens is 9. The standard InChI is InChI=1S/C18H21N3O.3C2HF3O2/c1-2-17(10-19-6-1)22-13-16-9-20-8-15-12-21(7-5-18(15)16)11-14-3-4-14;3*3-2(4,5)1(6)7/h1-2,6,8-10,14H,3-5,7,11-13H2;3*(H,6,7). The van der Waals surface area contributed by atoms with Crippen LogP contribution in [0.4, 0.5) is 39.5 Å². The number of carbonyl (C=O) groups is 3. The third-order valence-electron chi connectivity index (χ3n) is 5.28. The van der Waals surface area contributed by atoms with Crippen molar-refractivity contribution in [2.24, 2.45) is 5.92 Å². The summed E-state index contributed by atoms with van der Waals surface area (Å²) in [5.41, 5.74) is 4.03. The molecule has 10 nitrogen and oxygen atoms in total. The van der Waals surface area contributed by atoms with Crippen LogP contribution in [0.25, 0.3) is 0 Å². The molecular weight excluding hydrogens is 613 g/mol. The first-order valence-electron chi connectivity index (χ1n) is 11.8. The maximum absolute atomic E-state index is 10.6. The SMILES string of the molecule is O=C(O)C(F)(F)F.O=C(O)C(F)(F)F.O=C(O)C(F)(F)F.c1cncc(OCc2cncc3c2CCN(CC2CC2)C3)c1. The van der Waals surface area contributed by atoms with Crippen LogP contribution in [0, 0.1) is 5.92 Å². The van der Waals surface area contributed by atoms with Crippen molar-refractivity contribution in [3.8, 4) is 5.75 Å². The summed E-state index contributed by atoms with van der Waals surface area (Å²) in [6.07, 6.45) is -3.82. The molecule has 3 heterocycles. The van der Waals surface area contributed by atoms with Crippen molar-refractivity contribution < 1.29 is 74.0 Å². The smallest absolute Gasteiger partial charge is 0.487 e. The fourth-order valence-electron chi connectivity index (χ4n) is 3.17. The van der Waals surface area contributed by atoms with Crippen molar-refractivity contribution in [2.45, 2.75) is 50.9 Å². The van der Waals surface area contributed by atoms with Crippen molar-refractivity contribution in [3.05, 3.63) is 53.6 Å². The summed E-state index contributed by atoms with van der Waals surface area (Å²) in [5.74, 6) is -6.51. The molecule has 240 valence electrons. The second-order valence-electron chi connectivity index (χ2n) is 8.75. The molecule has 2 aliphatic rings.